The van der Waals surface area contributed by atoms with Gasteiger partial charge < -0.3 is 36.4 Å². The summed E-state index contributed by atoms with van der Waals surface area (Å²) in [5.74, 6) is 0. The van der Waals surface area contributed by atoms with Gasteiger partial charge in [0.1, 0.15) is 17.9 Å². The number of nitrogens with zero attached hydrogens (tertiary/aromatic N) is 3. The zero-order chi connectivity index (χ0) is 56.3. The molecule has 0 saturated carbocycles. The van der Waals surface area contributed by atoms with Crippen molar-refractivity contribution in [2.45, 2.75) is 98.0 Å². The molecule has 11 aromatic rings. The maximum Gasteiger partial charge on any atom is 2.00 e. The molecule has 8 heteroatoms. The molecule has 412 valence electrons. The molecule has 1 N–H and O–H groups in total. The summed E-state index contributed by atoms with van der Waals surface area (Å²) in [4.78, 5) is 7.17. The molecule has 0 atom stereocenters. The molecular weight excluding hydrogens is 1370 g/mol. The summed E-state index contributed by atoms with van der Waals surface area (Å²) in [5, 5.41) is 14.0. The van der Waals surface area contributed by atoms with Gasteiger partial charge in [-0.2, -0.15) is 35.3 Å². The predicted molar refractivity (Wildman–Crippen MR) is 340 cm³/mol. The number of fused-ring (bicyclic) bond motifs is 7. The number of furan rings is 1. The van der Waals surface area contributed by atoms with Crippen LogP contribution in [0, 0.1) is 24.3 Å². The third kappa shape index (κ3) is 10.2. The van der Waals surface area contributed by atoms with Crippen LogP contribution < -0.4 is 31.1 Å². The average molecular weight is 1430 g/mol. The van der Waals surface area contributed by atoms with Crippen molar-refractivity contribution < 1.29 is 49.1 Å². The van der Waals surface area contributed by atoms with Gasteiger partial charge in [0.2, 0.25) is 0 Å². The Morgan fingerprint density at radius 2 is 1.10 bits per heavy atom. The van der Waals surface area contributed by atoms with Gasteiger partial charge in [0.25, 0.3) is 0 Å². The fraction of sp³-hybridized carbons (Fsp3) is 0.200. The van der Waals surface area contributed by atoms with E-state index in [-0.39, 0.29) is 62.5 Å². The Bertz CT molecular complexity index is 4220. The van der Waals surface area contributed by atoms with Crippen LogP contribution in [0.5, 0.6) is 0 Å². The Labute approximate surface area is 517 Å². The van der Waals surface area contributed by atoms with Gasteiger partial charge in [-0.25, -0.2) is 5.69 Å². The molecule has 0 saturated heterocycles. The van der Waals surface area contributed by atoms with Gasteiger partial charge in [-0.05, 0) is 89.9 Å². The van der Waals surface area contributed by atoms with E-state index in [1.165, 1.54) is 5.56 Å². The van der Waals surface area contributed by atoms with Crippen LogP contribution in [0.4, 0.5) is 51.2 Å². The third-order valence-electron chi connectivity index (χ3n) is 16.5. The third-order valence-corrected chi connectivity index (χ3v) is 16.5. The van der Waals surface area contributed by atoms with Gasteiger partial charge in [0, 0.05) is 50.2 Å². The molecule has 0 spiro atoms. The van der Waals surface area contributed by atoms with E-state index in [9.17, 15) is 5.11 Å². The first-order valence-corrected chi connectivity index (χ1v) is 28.3. The van der Waals surface area contributed by atoms with Crippen molar-refractivity contribution in [3.05, 3.63) is 241 Å². The quantitative estimate of drug-likeness (QED) is 0.121. The van der Waals surface area contributed by atoms with Crippen molar-refractivity contribution in [3.8, 4) is 22.3 Å². The minimum atomic E-state index is -1.13. The Morgan fingerprint density at radius 3 is 1.78 bits per heavy atom. The predicted octanol–water partition coefficient (Wildman–Crippen LogP) is 17.8. The number of aliphatic hydroxyl groups is 1. The summed E-state index contributed by atoms with van der Waals surface area (Å²) in [7, 11) is 0. The standard InChI is InChI=1S/C75H66BN3O2.2Os/c1-72(2,3)50-30-37-54(38-31-50)77(64-26-17-15-22-58(64)48-20-13-12-14-21-48)57-41-42-62-66(47-57)79(55-35-28-49(29-36-55)59-24-19-25-61-60-23-16-18-27-69(60)81-71(59)61)68-46-53(74(7,8)9)45-67-70(68)76(62)63-44-52(75(10,11)80)34-43-65(63)78(67)56-39-32-51(33-40-56)73(4,5)6;;/h12-38,41-42,44,46-47,80H,1-11H3;;/q-4;2*+2. The molecule has 3 heterocycles. The van der Waals surface area contributed by atoms with Crippen molar-refractivity contribution >= 4 is 96.2 Å². The maximum absolute atomic E-state index is 11.8. The summed E-state index contributed by atoms with van der Waals surface area (Å²) in [6.07, 6.45) is 0. The van der Waals surface area contributed by atoms with Gasteiger partial charge in [-0.1, -0.05) is 200 Å². The second kappa shape index (κ2) is 21.4. The topological polar surface area (TPSA) is 43.1 Å². The van der Waals surface area contributed by atoms with E-state index in [4.69, 9.17) is 4.42 Å². The van der Waals surface area contributed by atoms with E-state index in [1.807, 2.05) is 32.0 Å². The van der Waals surface area contributed by atoms with Crippen LogP contribution >= 0.6 is 0 Å². The minimum absolute atomic E-state index is 0. The fourth-order valence-corrected chi connectivity index (χ4v) is 12.0. The van der Waals surface area contributed by atoms with E-state index in [1.54, 1.807) is 0 Å². The molecule has 10 aromatic carbocycles. The van der Waals surface area contributed by atoms with Crippen molar-refractivity contribution in [1.29, 1.82) is 0 Å². The molecule has 5 nitrogen and oxygen atoms in total. The normalized spacial score (nSPS) is 13.0. The van der Waals surface area contributed by atoms with Crippen LogP contribution in [0.1, 0.15) is 98.4 Å². The van der Waals surface area contributed by atoms with Crippen LogP contribution in [0.3, 0.4) is 0 Å². The van der Waals surface area contributed by atoms with Crippen molar-refractivity contribution in [3.63, 3.8) is 0 Å². The van der Waals surface area contributed by atoms with Gasteiger partial charge in [-0.3, -0.25) is 17.7 Å². The van der Waals surface area contributed by atoms with Gasteiger partial charge in [-0.15, -0.1) is 22.5 Å². The largest absolute Gasteiger partial charge is 2.00 e. The van der Waals surface area contributed by atoms with Crippen LogP contribution in [0.2, 0.25) is 0 Å². The summed E-state index contributed by atoms with van der Waals surface area (Å²) in [6.45, 7) is 23.7. The number of hydrogen-bond acceptors (Lipinski definition) is 5. The molecule has 83 heavy (non-hydrogen) atoms. The van der Waals surface area contributed by atoms with Crippen LogP contribution in [-0.4, -0.2) is 11.8 Å². The molecule has 2 aliphatic rings. The SMILES string of the molecule is CC(C)(C)c1[c-]c2c3c(c1)N(c1ccc(-c4cccc5c4oc4ccccc45)cc1)c1cc(N(c4ccc(C(C)(C)C)cc4)c4ccccc4-c4ccccc4)ccc1B3c1cc(C(C)(C)O)c[c-]c1N2c1[c-]cc(C(C)(C)C)c[c-]1.[Os+2].[Os+2]. The average Bonchev–Trinajstić information content (AvgIpc) is 1.66. The van der Waals surface area contributed by atoms with E-state index in [0.29, 0.717) is 0 Å². The van der Waals surface area contributed by atoms with Crippen molar-refractivity contribution in [1.82, 2.24) is 0 Å². The number of rotatable bonds is 8. The molecule has 0 unspecified atom stereocenters. The molecular formula is C75H66BN3O2Os2. The van der Waals surface area contributed by atoms with E-state index >= 15 is 0 Å². The first-order valence-electron chi connectivity index (χ1n) is 28.3. The van der Waals surface area contributed by atoms with Crippen LogP contribution in [0.25, 0.3) is 44.2 Å². The molecule has 0 amide bonds. The van der Waals surface area contributed by atoms with E-state index < -0.39 is 5.60 Å². The number of anilines is 9. The van der Waals surface area contributed by atoms with Crippen molar-refractivity contribution in [2.75, 3.05) is 14.7 Å². The Hall–Kier alpha value is -7.30. The zero-order valence-electron chi connectivity index (χ0n) is 49.0. The van der Waals surface area contributed by atoms with E-state index in [0.717, 1.165) is 128 Å². The first-order chi connectivity index (χ1) is 38.7. The molecule has 13 rings (SSSR count). The molecule has 0 fully saturated rings. The van der Waals surface area contributed by atoms with Crippen molar-refractivity contribution in [2.24, 2.45) is 0 Å². The molecule has 2 aliphatic heterocycles. The van der Waals surface area contributed by atoms with Gasteiger partial charge in [0.15, 0.2) is 0 Å². The minimum Gasteiger partial charge on any atom is -0.455 e. The Balaban J connectivity index is 0.00000360. The van der Waals surface area contributed by atoms with Gasteiger partial charge >= 0.3 is 39.6 Å². The Morgan fingerprint density at radius 1 is 0.482 bits per heavy atom. The van der Waals surface area contributed by atoms with E-state index in [2.05, 4.69) is 277 Å². The monoisotopic (exact) mass is 1440 g/mol. The molecule has 1 aromatic heterocycles. The second-order valence-electron chi connectivity index (χ2n) is 25.7. The fourth-order valence-electron chi connectivity index (χ4n) is 12.0. The van der Waals surface area contributed by atoms with Crippen LogP contribution in [0.15, 0.2) is 199 Å². The number of para-hydroxylation sites is 3. The summed E-state index contributed by atoms with van der Waals surface area (Å²) in [6, 6.07) is 85.3. The number of benzene rings is 10. The molecule has 0 bridgehead atoms. The van der Waals surface area contributed by atoms with Gasteiger partial charge in [0.05, 0.1) is 5.69 Å². The summed E-state index contributed by atoms with van der Waals surface area (Å²) >= 11 is 0. The maximum atomic E-state index is 11.8. The number of hydrogen-bond donors (Lipinski definition) is 1. The Kier molecular flexibility index (Phi) is 14.8. The second-order valence-corrected chi connectivity index (χ2v) is 25.7. The first kappa shape index (κ1) is 57.5. The smallest absolute Gasteiger partial charge is 0.455 e. The molecule has 0 radical (unpaired) electrons. The summed E-state index contributed by atoms with van der Waals surface area (Å²) in [5.41, 5.74) is 21.0. The molecule has 0 aliphatic carbocycles. The summed E-state index contributed by atoms with van der Waals surface area (Å²) < 4.78 is 6.62. The zero-order valence-corrected chi connectivity index (χ0v) is 54.0. The van der Waals surface area contributed by atoms with Crippen LogP contribution in [-0.2, 0) is 61.4 Å².